The van der Waals surface area contributed by atoms with E-state index in [0.29, 0.717) is 6.54 Å². The first-order chi connectivity index (χ1) is 5.70. The topological polar surface area (TPSA) is 63.9 Å². The molecule has 2 aliphatic heterocycles. The van der Waals surface area contributed by atoms with Crippen LogP contribution in [0.1, 0.15) is 12.8 Å². The summed E-state index contributed by atoms with van der Waals surface area (Å²) in [5.74, 6) is 0. The molecule has 0 unspecified atom stereocenters. The van der Waals surface area contributed by atoms with Crippen molar-refractivity contribution in [2.24, 2.45) is 0 Å². The lowest BCUT2D eigenvalue weighted by Gasteiger charge is -2.34. The second-order valence-corrected chi connectivity index (χ2v) is 3.75. The largest absolute Gasteiger partial charge is 0.391 e. The molecule has 0 aromatic rings. The third-order valence-electron chi connectivity index (χ3n) is 2.93. The highest BCUT2D eigenvalue weighted by atomic mass is 79.9. The van der Waals surface area contributed by atoms with Gasteiger partial charge in [0, 0.05) is 6.54 Å². The number of rotatable bonds is 0. The molecule has 0 saturated carbocycles. The van der Waals surface area contributed by atoms with Crippen LogP contribution in [-0.4, -0.2) is 57.7 Å². The lowest BCUT2D eigenvalue weighted by atomic mass is 9.97. The molecule has 4 atom stereocenters. The van der Waals surface area contributed by atoms with E-state index in [1.54, 1.807) is 0 Å². The molecule has 13 heavy (non-hydrogen) atoms. The third-order valence-corrected chi connectivity index (χ3v) is 2.93. The minimum absolute atomic E-state index is 0. The Bertz CT molecular complexity index is 181. The summed E-state index contributed by atoms with van der Waals surface area (Å²) in [6, 6.07) is -0.228. The molecule has 2 fully saturated rings. The Morgan fingerprint density at radius 3 is 2.38 bits per heavy atom. The van der Waals surface area contributed by atoms with Crippen LogP contribution in [0.2, 0.25) is 0 Å². The predicted molar refractivity (Wildman–Crippen MR) is 52.9 cm³/mol. The zero-order chi connectivity index (χ0) is 8.72. The molecule has 78 valence electrons. The van der Waals surface area contributed by atoms with Gasteiger partial charge in [-0.2, -0.15) is 0 Å². The number of halogens is 1. The molecule has 0 radical (unpaired) electrons. The lowest BCUT2D eigenvalue weighted by molar-refractivity contribution is -0.0282. The molecule has 0 aliphatic carbocycles. The zero-order valence-electron chi connectivity index (χ0n) is 7.33. The minimum atomic E-state index is -0.764. The van der Waals surface area contributed by atoms with Gasteiger partial charge < -0.3 is 15.3 Å². The molecule has 4 nitrogen and oxygen atoms in total. The van der Waals surface area contributed by atoms with E-state index in [4.69, 9.17) is 0 Å². The molecular weight excluding hydrogens is 238 g/mol. The Labute approximate surface area is 87.9 Å². The van der Waals surface area contributed by atoms with Crippen molar-refractivity contribution in [3.63, 3.8) is 0 Å². The lowest BCUT2D eigenvalue weighted by Crippen LogP contribution is -2.48. The normalized spacial score (nSPS) is 45.5. The average molecular weight is 254 g/mol. The van der Waals surface area contributed by atoms with E-state index in [0.717, 1.165) is 19.4 Å². The van der Waals surface area contributed by atoms with Gasteiger partial charge >= 0.3 is 0 Å². The highest BCUT2D eigenvalue weighted by Crippen LogP contribution is 2.27. The van der Waals surface area contributed by atoms with E-state index in [1.165, 1.54) is 0 Å². The molecule has 2 rings (SSSR count). The first-order valence-electron chi connectivity index (χ1n) is 4.48. The van der Waals surface area contributed by atoms with E-state index in [2.05, 4.69) is 0 Å². The van der Waals surface area contributed by atoms with Gasteiger partial charge in [0.15, 0.2) is 0 Å². The van der Waals surface area contributed by atoms with Crippen molar-refractivity contribution < 1.29 is 15.3 Å². The maximum atomic E-state index is 9.55. The van der Waals surface area contributed by atoms with Crippen molar-refractivity contribution in [1.29, 1.82) is 0 Å². The summed E-state index contributed by atoms with van der Waals surface area (Å²) < 4.78 is 0. The zero-order valence-corrected chi connectivity index (χ0v) is 9.05. The van der Waals surface area contributed by atoms with Gasteiger partial charge in [-0.15, -0.1) is 17.0 Å². The van der Waals surface area contributed by atoms with Crippen molar-refractivity contribution in [2.45, 2.75) is 37.2 Å². The molecule has 2 aliphatic rings. The standard InChI is InChI=1S/C8H15NO3.BrH/c10-5-2-1-3-9-4-6(11)8(12)7(5)9;/h5-8,10-12H,1-4H2;1H/t5-,6-,7-,8-;/m1./s1. The number of fused-ring (bicyclic) bond motifs is 1. The Morgan fingerprint density at radius 1 is 1.08 bits per heavy atom. The summed E-state index contributed by atoms with van der Waals surface area (Å²) in [6.45, 7) is 1.39. The number of hydrogen-bond donors (Lipinski definition) is 3. The van der Waals surface area contributed by atoms with E-state index >= 15 is 0 Å². The summed E-state index contributed by atoms with van der Waals surface area (Å²) in [7, 11) is 0. The molecule has 2 saturated heterocycles. The van der Waals surface area contributed by atoms with Gasteiger partial charge in [-0.3, -0.25) is 4.90 Å². The first-order valence-corrected chi connectivity index (χ1v) is 4.48. The summed E-state index contributed by atoms with van der Waals surface area (Å²) >= 11 is 0. The van der Waals surface area contributed by atoms with Gasteiger partial charge in [-0.1, -0.05) is 0 Å². The van der Waals surface area contributed by atoms with Gasteiger partial charge in [0.2, 0.25) is 0 Å². The fourth-order valence-electron chi connectivity index (χ4n) is 2.30. The number of nitrogens with zero attached hydrogens (tertiary/aromatic N) is 1. The fourth-order valence-corrected chi connectivity index (χ4v) is 2.30. The SMILES string of the molecule is Br.O[C@H]1[C@H]2[C@H](O)CCCN2C[C@H]1O. The Hall–Kier alpha value is 0.320. The quantitative estimate of drug-likeness (QED) is 0.525. The smallest absolute Gasteiger partial charge is 0.0991 e. The van der Waals surface area contributed by atoms with Crippen LogP contribution in [0.25, 0.3) is 0 Å². The Morgan fingerprint density at radius 2 is 1.77 bits per heavy atom. The average Bonchev–Trinajstić information content (AvgIpc) is 2.29. The van der Waals surface area contributed by atoms with Gasteiger partial charge in [-0.05, 0) is 19.4 Å². The first kappa shape index (κ1) is 11.4. The second kappa shape index (κ2) is 4.23. The molecule has 0 spiro atoms. The van der Waals surface area contributed by atoms with Crippen LogP contribution in [0, 0.1) is 0 Å². The maximum Gasteiger partial charge on any atom is 0.0991 e. The second-order valence-electron chi connectivity index (χ2n) is 3.75. The molecule has 3 N–H and O–H groups in total. The molecule has 2 heterocycles. The maximum absolute atomic E-state index is 9.55. The van der Waals surface area contributed by atoms with Gasteiger partial charge in [0.25, 0.3) is 0 Å². The van der Waals surface area contributed by atoms with Crippen LogP contribution in [-0.2, 0) is 0 Å². The van der Waals surface area contributed by atoms with Crippen LogP contribution in [0.4, 0.5) is 0 Å². The van der Waals surface area contributed by atoms with Crippen molar-refractivity contribution in [1.82, 2.24) is 4.90 Å². The third kappa shape index (κ3) is 1.89. The number of aliphatic hydroxyl groups is 3. The highest BCUT2D eigenvalue weighted by Gasteiger charge is 2.45. The van der Waals surface area contributed by atoms with Crippen molar-refractivity contribution in [3.8, 4) is 0 Å². The van der Waals surface area contributed by atoms with Crippen LogP contribution < -0.4 is 0 Å². The summed E-state index contributed by atoms with van der Waals surface area (Å²) in [6.07, 6.45) is -0.212. The molecule has 0 aromatic heterocycles. The van der Waals surface area contributed by atoms with Crippen molar-refractivity contribution >= 4 is 17.0 Å². The van der Waals surface area contributed by atoms with E-state index in [1.807, 2.05) is 4.90 Å². The summed E-state index contributed by atoms with van der Waals surface area (Å²) in [4.78, 5) is 1.98. The number of piperidine rings is 1. The van der Waals surface area contributed by atoms with E-state index < -0.39 is 18.3 Å². The van der Waals surface area contributed by atoms with E-state index in [9.17, 15) is 15.3 Å². The Kier molecular flexibility index (Phi) is 3.71. The fraction of sp³-hybridized carbons (Fsp3) is 1.00. The van der Waals surface area contributed by atoms with Gasteiger partial charge in [0.05, 0.1) is 24.4 Å². The molecular formula is C8H16BrNO3. The van der Waals surface area contributed by atoms with Crippen LogP contribution in [0.5, 0.6) is 0 Å². The number of hydrogen-bond acceptors (Lipinski definition) is 4. The molecule has 0 aromatic carbocycles. The van der Waals surface area contributed by atoms with Crippen molar-refractivity contribution in [2.75, 3.05) is 13.1 Å². The monoisotopic (exact) mass is 253 g/mol. The van der Waals surface area contributed by atoms with Crippen molar-refractivity contribution in [3.05, 3.63) is 0 Å². The van der Waals surface area contributed by atoms with Crippen LogP contribution in [0.3, 0.4) is 0 Å². The minimum Gasteiger partial charge on any atom is -0.391 e. The summed E-state index contributed by atoms with van der Waals surface area (Å²) in [5, 5.41) is 28.4. The van der Waals surface area contributed by atoms with Crippen LogP contribution >= 0.6 is 17.0 Å². The molecule has 5 heteroatoms. The highest BCUT2D eigenvalue weighted by molar-refractivity contribution is 8.93. The number of aliphatic hydroxyl groups excluding tert-OH is 3. The molecule has 0 amide bonds. The van der Waals surface area contributed by atoms with Gasteiger partial charge in [0.1, 0.15) is 0 Å². The van der Waals surface area contributed by atoms with Crippen LogP contribution in [0.15, 0.2) is 0 Å². The predicted octanol–water partition coefficient (Wildman–Crippen LogP) is -0.875. The van der Waals surface area contributed by atoms with E-state index in [-0.39, 0.29) is 23.0 Å². The van der Waals surface area contributed by atoms with Gasteiger partial charge in [-0.25, -0.2) is 0 Å². The summed E-state index contributed by atoms with van der Waals surface area (Å²) in [5.41, 5.74) is 0. The molecule has 0 bridgehead atoms. The Balaban J connectivity index is 0.000000845.